The predicted molar refractivity (Wildman–Crippen MR) is 76.0 cm³/mol. The Bertz CT molecular complexity index is 565. The first-order valence-electron chi connectivity index (χ1n) is 6.26. The molecule has 5 nitrogen and oxygen atoms in total. The Hall–Kier alpha value is -0.920. The normalized spacial score (nSPS) is 19.9. The first-order chi connectivity index (χ1) is 8.95. The molecule has 0 aliphatic carbocycles. The number of sulfonamides is 1. The Kier molecular flexibility index (Phi) is 4.27. The molecule has 0 radical (unpaired) electrons. The summed E-state index contributed by atoms with van der Waals surface area (Å²) in [5.41, 5.74) is 1.64. The fraction of sp³-hybridized carbons (Fsp3) is 0.583. The number of likely N-dealkylation sites (tertiary alicyclic amines) is 1. The molecule has 1 N–H and O–H groups in total. The van der Waals surface area contributed by atoms with E-state index in [0.29, 0.717) is 25.1 Å². The van der Waals surface area contributed by atoms with Crippen LogP contribution in [0.25, 0.3) is 0 Å². The molecule has 0 bridgehead atoms. The zero-order valence-electron chi connectivity index (χ0n) is 11.0. The minimum Gasteiger partial charge on any atom is -0.337 e. The summed E-state index contributed by atoms with van der Waals surface area (Å²) in [5.74, 6) is -0.0621. The third-order valence-electron chi connectivity index (χ3n) is 3.30. The molecule has 1 amide bonds. The highest BCUT2D eigenvalue weighted by Gasteiger charge is 2.35. The summed E-state index contributed by atoms with van der Waals surface area (Å²) in [6.45, 7) is 4.82. The first kappa shape index (κ1) is 14.5. The molecule has 1 aliphatic rings. The van der Waals surface area contributed by atoms with Crippen molar-refractivity contribution in [2.75, 3.05) is 19.6 Å². The van der Waals surface area contributed by atoms with Gasteiger partial charge in [0.25, 0.3) is 5.91 Å². The Morgan fingerprint density at radius 1 is 1.53 bits per heavy atom. The van der Waals surface area contributed by atoms with Crippen molar-refractivity contribution < 1.29 is 13.2 Å². The average Bonchev–Trinajstić information content (AvgIpc) is 2.96. The van der Waals surface area contributed by atoms with Gasteiger partial charge in [-0.3, -0.25) is 4.79 Å². The third-order valence-corrected chi connectivity index (χ3v) is 6.12. The number of nitrogens with zero attached hydrogens (tertiary/aromatic N) is 1. The standard InChI is InChI=1S/C12H18N2O3S2/c1-3-13-19(16,17)10-4-5-14(6-10)12(15)11-8-18-7-9(11)2/h7-8,10,13H,3-6H2,1-2H3. The molecule has 19 heavy (non-hydrogen) atoms. The van der Waals surface area contributed by atoms with E-state index in [1.807, 2.05) is 17.7 Å². The number of amides is 1. The van der Waals surface area contributed by atoms with E-state index in [1.165, 1.54) is 11.3 Å². The number of carbonyl (C=O) groups excluding carboxylic acids is 1. The number of hydrogen-bond acceptors (Lipinski definition) is 4. The van der Waals surface area contributed by atoms with Crippen molar-refractivity contribution in [1.82, 2.24) is 9.62 Å². The molecule has 1 atom stereocenters. The lowest BCUT2D eigenvalue weighted by molar-refractivity contribution is 0.0793. The van der Waals surface area contributed by atoms with Crippen molar-refractivity contribution in [3.8, 4) is 0 Å². The molecular formula is C12H18N2O3S2. The van der Waals surface area contributed by atoms with Gasteiger partial charge in [-0.1, -0.05) is 6.92 Å². The minimum absolute atomic E-state index is 0.0621. The van der Waals surface area contributed by atoms with Crippen LogP contribution in [0.5, 0.6) is 0 Å². The summed E-state index contributed by atoms with van der Waals surface area (Å²) in [5, 5.41) is 3.26. The molecule has 0 aromatic carbocycles. The molecule has 1 unspecified atom stereocenters. The first-order valence-corrected chi connectivity index (χ1v) is 8.75. The summed E-state index contributed by atoms with van der Waals surface area (Å²) in [7, 11) is -3.30. The Morgan fingerprint density at radius 3 is 2.84 bits per heavy atom. The van der Waals surface area contributed by atoms with Gasteiger partial charge in [0.05, 0.1) is 10.8 Å². The van der Waals surface area contributed by atoms with Crippen molar-refractivity contribution in [3.05, 3.63) is 21.9 Å². The van der Waals surface area contributed by atoms with Crippen molar-refractivity contribution >= 4 is 27.3 Å². The maximum Gasteiger partial charge on any atom is 0.255 e. The zero-order chi connectivity index (χ0) is 14.0. The van der Waals surface area contributed by atoms with Crippen LogP contribution in [0.4, 0.5) is 0 Å². The van der Waals surface area contributed by atoms with Gasteiger partial charge in [0.15, 0.2) is 0 Å². The van der Waals surface area contributed by atoms with E-state index in [9.17, 15) is 13.2 Å². The third kappa shape index (κ3) is 2.98. The average molecular weight is 302 g/mol. The highest BCUT2D eigenvalue weighted by Crippen LogP contribution is 2.21. The van der Waals surface area contributed by atoms with Gasteiger partial charge in [-0.2, -0.15) is 11.3 Å². The summed E-state index contributed by atoms with van der Waals surface area (Å²) < 4.78 is 26.3. The number of rotatable bonds is 4. The van der Waals surface area contributed by atoms with E-state index >= 15 is 0 Å². The summed E-state index contributed by atoms with van der Waals surface area (Å²) in [4.78, 5) is 13.9. The maximum atomic E-state index is 12.3. The highest BCUT2D eigenvalue weighted by molar-refractivity contribution is 7.90. The second kappa shape index (κ2) is 5.60. The van der Waals surface area contributed by atoms with Crippen LogP contribution in [0.1, 0.15) is 29.3 Å². The molecule has 1 aromatic rings. The predicted octanol–water partition coefficient (Wildman–Crippen LogP) is 1.21. The molecule has 0 saturated carbocycles. The molecule has 0 spiro atoms. The van der Waals surface area contributed by atoms with Crippen LogP contribution >= 0.6 is 11.3 Å². The Morgan fingerprint density at radius 2 is 2.26 bits per heavy atom. The van der Waals surface area contributed by atoms with E-state index in [-0.39, 0.29) is 12.5 Å². The molecule has 1 fully saturated rings. The summed E-state index contributed by atoms with van der Waals surface area (Å²) in [6.07, 6.45) is 0.504. The fourth-order valence-corrected chi connectivity index (χ4v) is 4.49. The van der Waals surface area contributed by atoms with Crippen LogP contribution in [0, 0.1) is 6.92 Å². The van der Waals surface area contributed by atoms with Gasteiger partial charge in [-0.15, -0.1) is 0 Å². The fourth-order valence-electron chi connectivity index (χ4n) is 2.23. The summed E-state index contributed by atoms with van der Waals surface area (Å²) in [6, 6.07) is 0. The molecule has 1 aromatic heterocycles. The maximum absolute atomic E-state index is 12.3. The highest BCUT2D eigenvalue weighted by atomic mass is 32.2. The zero-order valence-corrected chi connectivity index (χ0v) is 12.7. The SMILES string of the molecule is CCNS(=O)(=O)C1CCN(C(=O)c2cscc2C)C1. The van der Waals surface area contributed by atoms with Crippen LogP contribution in [-0.2, 0) is 10.0 Å². The van der Waals surface area contributed by atoms with Gasteiger partial charge >= 0.3 is 0 Å². The van der Waals surface area contributed by atoms with Crippen LogP contribution in [-0.4, -0.2) is 44.1 Å². The van der Waals surface area contributed by atoms with Crippen LogP contribution in [0.2, 0.25) is 0 Å². The van der Waals surface area contributed by atoms with Crippen molar-refractivity contribution in [2.45, 2.75) is 25.5 Å². The second-order valence-electron chi connectivity index (χ2n) is 4.67. The van der Waals surface area contributed by atoms with Gasteiger partial charge in [-0.25, -0.2) is 13.1 Å². The molecule has 7 heteroatoms. The molecule has 2 heterocycles. The van der Waals surface area contributed by atoms with E-state index in [0.717, 1.165) is 5.56 Å². The minimum atomic E-state index is -3.30. The number of hydrogen-bond donors (Lipinski definition) is 1. The van der Waals surface area contributed by atoms with E-state index in [1.54, 1.807) is 11.8 Å². The number of nitrogens with one attached hydrogen (secondary N) is 1. The van der Waals surface area contributed by atoms with Crippen LogP contribution in [0.15, 0.2) is 10.8 Å². The Labute approximate surface area is 117 Å². The van der Waals surface area contributed by atoms with Crippen LogP contribution in [0.3, 0.4) is 0 Å². The van der Waals surface area contributed by atoms with E-state index < -0.39 is 15.3 Å². The number of carbonyl (C=O) groups is 1. The smallest absolute Gasteiger partial charge is 0.255 e. The van der Waals surface area contributed by atoms with Gasteiger partial charge in [-0.05, 0) is 24.3 Å². The quantitative estimate of drug-likeness (QED) is 0.909. The van der Waals surface area contributed by atoms with E-state index in [2.05, 4.69) is 4.72 Å². The topological polar surface area (TPSA) is 66.5 Å². The van der Waals surface area contributed by atoms with Gasteiger partial charge in [0.1, 0.15) is 0 Å². The van der Waals surface area contributed by atoms with E-state index in [4.69, 9.17) is 0 Å². The van der Waals surface area contributed by atoms with Crippen molar-refractivity contribution in [2.24, 2.45) is 0 Å². The number of thiophene rings is 1. The summed E-state index contributed by atoms with van der Waals surface area (Å²) >= 11 is 1.49. The molecule has 2 rings (SSSR count). The molecular weight excluding hydrogens is 284 g/mol. The van der Waals surface area contributed by atoms with Crippen LogP contribution < -0.4 is 4.72 Å². The lowest BCUT2D eigenvalue weighted by atomic mass is 10.2. The monoisotopic (exact) mass is 302 g/mol. The second-order valence-corrected chi connectivity index (χ2v) is 7.46. The van der Waals surface area contributed by atoms with Crippen molar-refractivity contribution in [1.29, 1.82) is 0 Å². The molecule has 106 valence electrons. The number of aryl methyl sites for hydroxylation is 1. The lowest BCUT2D eigenvalue weighted by Crippen LogP contribution is -2.37. The molecule has 1 saturated heterocycles. The lowest BCUT2D eigenvalue weighted by Gasteiger charge is -2.16. The Balaban J connectivity index is 2.07. The van der Waals surface area contributed by atoms with Gasteiger partial charge in [0.2, 0.25) is 10.0 Å². The van der Waals surface area contributed by atoms with Gasteiger partial charge < -0.3 is 4.90 Å². The molecule has 1 aliphatic heterocycles. The van der Waals surface area contributed by atoms with Crippen molar-refractivity contribution in [3.63, 3.8) is 0 Å². The van der Waals surface area contributed by atoms with Gasteiger partial charge in [0, 0.05) is 25.0 Å². The largest absolute Gasteiger partial charge is 0.337 e.